The first-order valence-electron chi connectivity index (χ1n) is 5.38. The van der Waals surface area contributed by atoms with E-state index in [1.165, 1.54) is 12.8 Å². The summed E-state index contributed by atoms with van der Waals surface area (Å²) in [6.45, 7) is 4.36. The van der Waals surface area contributed by atoms with Crippen molar-refractivity contribution in [1.29, 1.82) is 0 Å². The van der Waals surface area contributed by atoms with Crippen LogP contribution in [0.15, 0.2) is 0 Å². The first-order chi connectivity index (χ1) is 8.20. The molecule has 0 aliphatic heterocycles. The lowest BCUT2D eigenvalue weighted by Crippen LogP contribution is -2.49. The highest BCUT2D eigenvalue weighted by molar-refractivity contribution is 5.75. The van der Waals surface area contributed by atoms with E-state index in [1.807, 2.05) is 0 Å². The van der Waals surface area contributed by atoms with Crippen molar-refractivity contribution in [3.8, 4) is 0 Å². The summed E-state index contributed by atoms with van der Waals surface area (Å²) >= 11 is 0. The summed E-state index contributed by atoms with van der Waals surface area (Å²) < 4.78 is 0. The molecule has 0 aromatic carbocycles. The molecule has 0 rings (SSSR count). The van der Waals surface area contributed by atoms with Crippen LogP contribution in [0.25, 0.3) is 0 Å². The zero-order valence-corrected chi connectivity index (χ0v) is 10.2. The third-order valence-electron chi connectivity index (χ3n) is 2.00. The van der Waals surface area contributed by atoms with E-state index >= 15 is 0 Å². The smallest absolute Gasteiger partial charge is 0.335 e. The molecular weight excluding hydrogens is 248 g/mol. The molecule has 0 aromatic rings. The van der Waals surface area contributed by atoms with Gasteiger partial charge >= 0.3 is 11.9 Å². The predicted molar refractivity (Wildman–Crippen MR) is 59.9 cm³/mol. The maximum atomic E-state index is 10.1. The van der Waals surface area contributed by atoms with Crippen molar-refractivity contribution in [2.24, 2.45) is 0 Å². The number of hydrogen-bond acceptors (Lipinski definition) is 6. The fraction of sp³-hybridized carbons (Fsp3) is 0.800. The van der Waals surface area contributed by atoms with E-state index < -0.39 is 36.4 Å². The van der Waals surface area contributed by atoms with Crippen LogP contribution in [0.2, 0.25) is 0 Å². The number of carboxylic acids is 2. The molecule has 0 unspecified atom stereocenters. The van der Waals surface area contributed by atoms with E-state index in [-0.39, 0.29) is 0 Å². The van der Waals surface area contributed by atoms with Crippen molar-refractivity contribution in [3.05, 3.63) is 0 Å². The van der Waals surface area contributed by atoms with Crippen LogP contribution in [0.5, 0.6) is 0 Å². The van der Waals surface area contributed by atoms with Gasteiger partial charge in [-0.3, -0.25) is 0 Å². The normalized spacial score (nSPS) is 16.8. The maximum Gasteiger partial charge on any atom is 0.335 e. The van der Waals surface area contributed by atoms with Gasteiger partial charge in [-0.15, -0.1) is 0 Å². The lowest BCUT2D eigenvalue weighted by Gasteiger charge is -2.21. The topological polar surface area (TPSA) is 156 Å². The van der Waals surface area contributed by atoms with Crippen LogP contribution in [0.3, 0.4) is 0 Å². The minimum atomic E-state index is -2.36. The largest absolute Gasteiger partial charge is 0.479 e. The Labute approximate surface area is 104 Å². The van der Waals surface area contributed by atoms with Crippen LogP contribution in [0.4, 0.5) is 0 Å². The molecular formula is C10H20O8. The number of aliphatic carboxylic acids is 2. The van der Waals surface area contributed by atoms with Crippen molar-refractivity contribution >= 4 is 11.9 Å². The van der Waals surface area contributed by atoms with Gasteiger partial charge in [0.15, 0.2) is 12.2 Å². The average molecular weight is 268 g/mol. The number of unbranched alkanes of at least 4 members (excludes halogenated alkanes) is 1. The van der Waals surface area contributed by atoms with Crippen molar-refractivity contribution < 1.29 is 40.2 Å². The van der Waals surface area contributed by atoms with Gasteiger partial charge in [0.05, 0.1) is 0 Å². The monoisotopic (exact) mass is 268 g/mol. The Hall–Kier alpha value is -1.22. The Morgan fingerprint density at radius 1 is 0.778 bits per heavy atom. The molecule has 8 nitrogen and oxygen atoms in total. The third-order valence-corrected chi connectivity index (χ3v) is 2.00. The predicted octanol–water partition coefficient (Wildman–Crippen LogP) is -1.59. The fourth-order valence-corrected chi connectivity index (χ4v) is 0.666. The minimum Gasteiger partial charge on any atom is -0.479 e. The first-order valence-corrected chi connectivity index (χ1v) is 5.38. The fourth-order valence-electron chi connectivity index (χ4n) is 0.666. The Bertz CT molecular complexity index is 228. The van der Waals surface area contributed by atoms with E-state index in [0.717, 1.165) is 0 Å². The van der Waals surface area contributed by atoms with E-state index in [1.54, 1.807) is 0 Å². The van der Waals surface area contributed by atoms with Crippen LogP contribution >= 0.6 is 0 Å². The summed E-state index contributed by atoms with van der Waals surface area (Å²) in [6, 6.07) is 0. The van der Waals surface area contributed by atoms with Gasteiger partial charge in [-0.25, -0.2) is 9.59 Å². The lowest BCUT2D eigenvalue weighted by atomic mass is 10.0. The zero-order valence-electron chi connectivity index (χ0n) is 10.2. The number of aliphatic hydroxyl groups excluding tert-OH is 4. The van der Waals surface area contributed by atoms with Crippen molar-refractivity contribution in [2.75, 3.05) is 0 Å². The Morgan fingerprint density at radius 3 is 1.11 bits per heavy atom. The summed E-state index contributed by atoms with van der Waals surface area (Å²) in [5.74, 6) is -3.68. The highest BCUT2D eigenvalue weighted by Crippen LogP contribution is 2.05. The van der Waals surface area contributed by atoms with E-state index in [4.69, 9.17) is 30.6 Å². The second-order valence-electron chi connectivity index (χ2n) is 3.55. The van der Waals surface area contributed by atoms with Gasteiger partial charge in [-0.2, -0.15) is 0 Å². The number of hydrogen-bond donors (Lipinski definition) is 6. The van der Waals surface area contributed by atoms with Gasteiger partial charge in [-0.1, -0.05) is 26.7 Å². The number of carbonyl (C=O) groups is 2. The molecule has 0 aromatic heterocycles. The molecule has 0 fully saturated rings. The molecule has 0 amide bonds. The van der Waals surface area contributed by atoms with E-state index in [0.29, 0.717) is 0 Å². The summed E-state index contributed by atoms with van der Waals surface area (Å²) in [7, 11) is 0. The van der Waals surface area contributed by atoms with Crippen molar-refractivity contribution in [1.82, 2.24) is 0 Å². The average Bonchev–Trinajstić information content (AvgIpc) is 2.34. The third kappa shape index (κ3) is 7.17. The molecule has 108 valence electrons. The Kier molecular flexibility index (Phi) is 10.4. The van der Waals surface area contributed by atoms with Gasteiger partial charge in [0, 0.05) is 0 Å². The second-order valence-corrected chi connectivity index (χ2v) is 3.55. The molecule has 0 spiro atoms. The van der Waals surface area contributed by atoms with Gasteiger partial charge in [0.1, 0.15) is 12.2 Å². The highest BCUT2D eigenvalue weighted by atomic mass is 16.4. The number of carboxylic acid groups (broad SMARTS) is 2. The van der Waals surface area contributed by atoms with Crippen LogP contribution in [0.1, 0.15) is 26.7 Å². The molecule has 0 bridgehead atoms. The molecule has 8 heteroatoms. The molecule has 0 heterocycles. The highest BCUT2D eigenvalue weighted by Gasteiger charge is 2.37. The lowest BCUT2D eigenvalue weighted by molar-refractivity contribution is -0.172. The van der Waals surface area contributed by atoms with Crippen LogP contribution < -0.4 is 0 Å². The standard InChI is InChI=1S/C6H10O8.C4H10/c7-1(3(9)5(11)12)2(8)4(10)6(13)14;1-3-4-2/h1-4,7-10H,(H,11,12)(H,13,14);3-4H2,1-2H3/t1-,2-,3-,4+;/m0./s1. The molecule has 18 heavy (non-hydrogen) atoms. The molecule has 0 aliphatic carbocycles. The maximum absolute atomic E-state index is 10.1. The minimum absolute atomic E-state index is 1.32. The van der Waals surface area contributed by atoms with E-state index in [2.05, 4.69) is 13.8 Å². The zero-order chi connectivity index (χ0) is 14.9. The molecule has 0 saturated heterocycles. The Balaban J connectivity index is 0. The van der Waals surface area contributed by atoms with Gasteiger partial charge in [0.25, 0.3) is 0 Å². The molecule has 0 radical (unpaired) electrons. The summed E-state index contributed by atoms with van der Waals surface area (Å²) in [5, 5.41) is 51.5. The van der Waals surface area contributed by atoms with E-state index in [9.17, 15) is 9.59 Å². The van der Waals surface area contributed by atoms with Gasteiger partial charge in [0.2, 0.25) is 0 Å². The molecule has 0 aliphatic rings. The van der Waals surface area contributed by atoms with Crippen LogP contribution in [-0.2, 0) is 9.59 Å². The Morgan fingerprint density at radius 2 is 1.00 bits per heavy atom. The molecule has 6 N–H and O–H groups in total. The van der Waals surface area contributed by atoms with Crippen LogP contribution in [-0.4, -0.2) is 67.0 Å². The van der Waals surface area contributed by atoms with Crippen LogP contribution in [0, 0.1) is 0 Å². The van der Waals surface area contributed by atoms with Gasteiger partial charge < -0.3 is 30.6 Å². The number of rotatable bonds is 6. The first kappa shape index (κ1) is 19.1. The number of aliphatic hydroxyl groups is 4. The molecule has 0 saturated carbocycles. The second kappa shape index (κ2) is 9.77. The van der Waals surface area contributed by atoms with Gasteiger partial charge in [-0.05, 0) is 0 Å². The SMILES string of the molecule is CCCC.O=C(O)[C@@H](O)[C@@H](O)[C@H](O)[C@@H](O)C(=O)O. The summed E-state index contributed by atoms with van der Waals surface area (Å²) in [5.41, 5.74) is 0. The van der Waals surface area contributed by atoms with Crippen molar-refractivity contribution in [2.45, 2.75) is 51.1 Å². The summed E-state index contributed by atoms with van der Waals surface area (Å²) in [4.78, 5) is 20.2. The summed E-state index contributed by atoms with van der Waals surface area (Å²) in [6.07, 6.45) is -6.64. The molecule has 4 atom stereocenters. The quantitative estimate of drug-likeness (QED) is 0.336. The van der Waals surface area contributed by atoms with Crippen molar-refractivity contribution in [3.63, 3.8) is 0 Å².